The number of halogens is 4. The predicted octanol–water partition coefficient (Wildman–Crippen LogP) is 5.40. The van der Waals surface area contributed by atoms with E-state index in [9.17, 15) is 33.1 Å². The van der Waals surface area contributed by atoms with Gasteiger partial charge in [-0.2, -0.15) is 18.4 Å². The molecule has 0 radical (unpaired) electrons. The molecule has 14 heteroatoms. The lowest BCUT2D eigenvalue weighted by atomic mass is 9.70. The van der Waals surface area contributed by atoms with Crippen molar-refractivity contribution < 1.29 is 27.9 Å². The summed E-state index contributed by atoms with van der Waals surface area (Å²) in [6.07, 6.45) is -3.88. The Balaban J connectivity index is 1.83. The van der Waals surface area contributed by atoms with E-state index >= 15 is 0 Å². The number of hydrogen-bond acceptors (Lipinski definition) is 9. The number of ketones is 1. The highest BCUT2D eigenvalue weighted by Gasteiger charge is 2.66. The topological polar surface area (TPSA) is 115 Å². The van der Waals surface area contributed by atoms with Crippen molar-refractivity contribution in [2.75, 3.05) is 11.1 Å². The largest absolute Gasteiger partial charge is 0.437 e. The first-order valence-corrected chi connectivity index (χ1v) is 13.5. The molecule has 1 aromatic carbocycles. The van der Waals surface area contributed by atoms with Crippen molar-refractivity contribution in [1.29, 1.82) is 5.26 Å². The summed E-state index contributed by atoms with van der Waals surface area (Å²) in [4.78, 5) is 29.8. The van der Waals surface area contributed by atoms with Crippen molar-refractivity contribution >= 4 is 62.9 Å². The number of aromatic nitrogens is 1. The van der Waals surface area contributed by atoms with Gasteiger partial charge in [0.15, 0.2) is 10.9 Å². The lowest BCUT2D eigenvalue weighted by molar-refractivity contribution is -0.285. The third-order valence-corrected chi connectivity index (χ3v) is 8.44. The van der Waals surface area contributed by atoms with E-state index in [4.69, 9.17) is 11.6 Å². The number of aliphatic hydroxyl groups is 1. The second-order valence-corrected chi connectivity index (χ2v) is 11.0. The summed E-state index contributed by atoms with van der Waals surface area (Å²) in [5.41, 5.74) is -3.97. The van der Waals surface area contributed by atoms with Gasteiger partial charge in [-0.1, -0.05) is 47.6 Å². The van der Waals surface area contributed by atoms with Crippen molar-refractivity contribution in [2.45, 2.75) is 17.8 Å². The number of carbonyl (C=O) groups is 2. The fourth-order valence-corrected chi connectivity index (χ4v) is 6.31. The fraction of sp³-hybridized carbons (Fsp3) is 0.217. The summed E-state index contributed by atoms with van der Waals surface area (Å²) >= 11 is 8.99. The lowest BCUT2D eigenvalue weighted by Crippen LogP contribution is -2.66. The van der Waals surface area contributed by atoms with E-state index in [1.54, 1.807) is 11.4 Å². The Bertz CT molecular complexity index is 1370. The zero-order valence-electron chi connectivity index (χ0n) is 18.5. The first-order valence-electron chi connectivity index (χ1n) is 10.4. The van der Waals surface area contributed by atoms with Crippen LogP contribution in [0.2, 0.25) is 5.02 Å². The number of nitrogens with zero attached hydrogens (tertiary/aromatic N) is 2. The number of carbonyl (C=O) groups excluding carboxylic acids is 2. The molecule has 37 heavy (non-hydrogen) atoms. The number of allylic oxidation sites excluding steroid dienone is 1. The fourth-order valence-electron chi connectivity index (χ4n) is 3.90. The summed E-state index contributed by atoms with van der Waals surface area (Å²) in [6.45, 7) is 0. The van der Waals surface area contributed by atoms with Crippen LogP contribution in [-0.4, -0.2) is 39.4 Å². The summed E-state index contributed by atoms with van der Waals surface area (Å²) in [5.74, 6) is -5.75. The number of hydrogen-bond donors (Lipinski definition) is 3. The molecule has 0 saturated carbocycles. The number of nitrogens with one attached hydrogen (secondary N) is 2. The molecular weight excluding hydrogens is 569 g/mol. The maximum Gasteiger partial charge on any atom is 0.437 e. The van der Waals surface area contributed by atoms with Gasteiger partial charge in [0.2, 0.25) is 11.6 Å². The third-order valence-electron chi connectivity index (χ3n) is 5.51. The highest BCUT2D eigenvalue weighted by atomic mass is 35.5. The Hall–Kier alpha value is -2.89. The molecule has 0 fully saturated rings. The van der Waals surface area contributed by atoms with E-state index in [0.717, 1.165) is 22.7 Å². The van der Waals surface area contributed by atoms with Gasteiger partial charge in [-0.15, -0.1) is 22.7 Å². The number of thiophene rings is 1. The monoisotopic (exact) mass is 584 g/mol. The number of alkyl halides is 3. The quantitative estimate of drug-likeness (QED) is 0.318. The summed E-state index contributed by atoms with van der Waals surface area (Å²) in [7, 11) is 0. The Morgan fingerprint density at radius 3 is 2.59 bits per heavy atom. The van der Waals surface area contributed by atoms with Gasteiger partial charge in [-0.05, 0) is 23.1 Å². The molecule has 2 aromatic heterocycles. The number of Topliss-reactive ketones (excluding diaryl/α,β-unsaturated/α-hetero) is 1. The van der Waals surface area contributed by atoms with Crippen LogP contribution in [0, 0.1) is 17.2 Å². The van der Waals surface area contributed by atoms with E-state index in [1.807, 2.05) is 11.4 Å². The molecule has 1 aliphatic rings. The average molecular weight is 585 g/mol. The first kappa shape index (κ1) is 27.2. The van der Waals surface area contributed by atoms with Gasteiger partial charge in [-0.3, -0.25) is 9.59 Å². The maximum atomic E-state index is 14.5. The van der Waals surface area contributed by atoms with Crippen LogP contribution >= 0.6 is 46.0 Å². The first-order chi connectivity index (χ1) is 17.6. The molecule has 3 N–H and O–H groups in total. The Morgan fingerprint density at radius 1 is 1.24 bits per heavy atom. The predicted molar refractivity (Wildman–Crippen MR) is 136 cm³/mol. The van der Waals surface area contributed by atoms with Crippen LogP contribution in [0.3, 0.4) is 0 Å². The molecule has 0 unspecified atom stereocenters. The second kappa shape index (κ2) is 10.8. The number of anilines is 1. The minimum absolute atomic E-state index is 0.0153. The maximum absolute atomic E-state index is 14.5. The third kappa shape index (κ3) is 5.39. The molecule has 0 spiro atoms. The van der Waals surface area contributed by atoms with Crippen LogP contribution in [0.4, 0.5) is 18.3 Å². The Labute approximate surface area is 226 Å². The Morgan fingerprint density at radius 2 is 2.00 bits per heavy atom. The van der Waals surface area contributed by atoms with E-state index < -0.39 is 46.2 Å². The number of nitriles is 1. The molecule has 4 rings (SSSR count). The molecule has 0 bridgehead atoms. The van der Waals surface area contributed by atoms with Gasteiger partial charge in [0.1, 0.15) is 0 Å². The van der Waals surface area contributed by atoms with Crippen molar-refractivity contribution in [3.05, 3.63) is 79.4 Å². The molecule has 192 valence electrons. The normalized spacial score (nSPS) is 21.7. The van der Waals surface area contributed by atoms with Crippen molar-refractivity contribution in [3.8, 4) is 6.07 Å². The number of benzene rings is 1. The van der Waals surface area contributed by atoms with E-state index in [1.165, 1.54) is 41.9 Å². The Kier molecular flexibility index (Phi) is 7.96. The lowest BCUT2D eigenvalue weighted by Gasteiger charge is -2.45. The smallest absolute Gasteiger partial charge is 0.363 e. The highest BCUT2D eigenvalue weighted by Crippen LogP contribution is 2.52. The minimum atomic E-state index is -5.35. The zero-order valence-corrected chi connectivity index (χ0v) is 21.7. The molecular formula is C23H16ClF3N4O3S3. The van der Waals surface area contributed by atoms with E-state index in [0.29, 0.717) is 16.9 Å². The van der Waals surface area contributed by atoms with Gasteiger partial charge >= 0.3 is 6.18 Å². The van der Waals surface area contributed by atoms with Crippen LogP contribution in [0.15, 0.2) is 64.0 Å². The number of rotatable bonds is 7. The number of thioether (sulfide) groups is 1. The standard InChI is InChI=1S/C23H16ClF3N4O3S3/c24-14-5-2-1-4-12(14)17-13(10-28)20(37-11-16(32)30-21-29-7-9-36-21)31-22(34,23(25,26)27)18(17)19(33)15-6-3-8-35-15/h1-9,17-18,31,34H,11H2,(H,29,30,32)/t17-,18+,22+/m1/s1. The molecule has 0 aliphatic carbocycles. The number of amides is 1. The van der Waals surface area contributed by atoms with Crippen LogP contribution in [-0.2, 0) is 4.79 Å². The van der Waals surface area contributed by atoms with Crippen LogP contribution in [0.25, 0.3) is 0 Å². The molecule has 1 aliphatic heterocycles. The summed E-state index contributed by atoms with van der Waals surface area (Å²) < 4.78 is 43.6. The van der Waals surface area contributed by atoms with Crippen molar-refractivity contribution in [1.82, 2.24) is 10.3 Å². The van der Waals surface area contributed by atoms with Crippen LogP contribution in [0.1, 0.15) is 21.2 Å². The second-order valence-electron chi connectivity index (χ2n) is 7.74. The molecule has 3 aromatic rings. The minimum Gasteiger partial charge on any atom is -0.363 e. The molecule has 1 amide bonds. The van der Waals surface area contributed by atoms with Crippen molar-refractivity contribution in [2.24, 2.45) is 5.92 Å². The average Bonchev–Trinajstić information content (AvgIpc) is 3.56. The van der Waals surface area contributed by atoms with Crippen LogP contribution in [0.5, 0.6) is 0 Å². The van der Waals surface area contributed by atoms with E-state index in [2.05, 4.69) is 10.3 Å². The van der Waals surface area contributed by atoms with E-state index in [-0.39, 0.29) is 21.0 Å². The molecule has 7 nitrogen and oxygen atoms in total. The molecule has 3 heterocycles. The molecule has 3 atom stereocenters. The van der Waals surface area contributed by atoms with Crippen LogP contribution < -0.4 is 10.6 Å². The van der Waals surface area contributed by atoms with Gasteiger partial charge in [0.25, 0.3) is 0 Å². The summed E-state index contributed by atoms with van der Waals surface area (Å²) in [5, 5.41) is 28.8. The SMILES string of the molecule is N#CC1=C(SCC(=O)Nc2nccs2)N[C@@](O)(C(F)(F)F)[C@H](C(=O)c2cccs2)[C@@H]1c1ccccc1Cl. The van der Waals surface area contributed by atoms with Gasteiger partial charge in [0.05, 0.1) is 33.2 Å². The molecule has 0 saturated heterocycles. The van der Waals surface area contributed by atoms with Crippen molar-refractivity contribution in [3.63, 3.8) is 0 Å². The zero-order chi connectivity index (χ0) is 26.8. The highest BCUT2D eigenvalue weighted by molar-refractivity contribution is 8.03. The number of thiazole rings is 1. The summed E-state index contributed by atoms with van der Waals surface area (Å²) in [6, 6.07) is 10.6. The van der Waals surface area contributed by atoms with Gasteiger partial charge in [-0.25, -0.2) is 4.98 Å². The van der Waals surface area contributed by atoms with Gasteiger partial charge in [0, 0.05) is 22.5 Å². The van der Waals surface area contributed by atoms with Gasteiger partial charge < -0.3 is 15.7 Å².